The van der Waals surface area contributed by atoms with Gasteiger partial charge in [-0.15, -0.1) is 0 Å². The molecule has 0 saturated heterocycles. The standard InChI is InChI=1S/C22H23NO2/c1-4-14(3)17-10-11-20-18(12-17)19(22(24)25)13-21(23-20)16-8-6-15(5-2)7-9-16/h6-14H,4-5H2,1-3H3,(H,24,25). The van der Waals surface area contributed by atoms with Gasteiger partial charge in [0.05, 0.1) is 16.8 Å². The zero-order valence-corrected chi connectivity index (χ0v) is 14.9. The van der Waals surface area contributed by atoms with E-state index in [-0.39, 0.29) is 0 Å². The van der Waals surface area contributed by atoms with Gasteiger partial charge in [0.2, 0.25) is 0 Å². The Balaban J connectivity index is 2.17. The van der Waals surface area contributed by atoms with Crippen LogP contribution in [-0.2, 0) is 6.42 Å². The van der Waals surface area contributed by atoms with Crippen LogP contribution in [0, 0.1) is 0 Å². The van der Waals surface area contributed by atoms with Crippen molar-refractivity contribution in [3.8, 4) is 11.3 Å². The van der Waals surface area contributed by atoms with E-state index in [0.717, 1.165) is 29.5 Å². The number of carboxylic acids is 1. The van der Waals surface area contributed by atoms with Gasteiger partial charge in [-0.25, -0.2) is 9.78 Å². The van der Waals surface area contributed by atoms with Crippen molar-refractivity contribution in [3.05, 3.63) is 65.2 Å². The quantitative estimate of drug-likeness (QED) is 0.654. The van der Waals surface area contributed by atoms with Gasteiger partial charge in [-0.3, -0.25) is 0 Å². The lowest BCUT2D eigenvalue weighted by Gasteiger charge is -2.12. The van der Waals surface area contributed by atoms with Gasteiger partial charge in [-0.05, 0) is 48.1 Å². The van der Waals surface area contributed by atoms with Gasteiger partial charge in [0.15, 0.2) is 0 Å². The lowest BCUT2D eigenvalue weighted by molar-refractivity contribution is 0.0699. The van der Waals surface area contributed by atoms with E-state index in [2.05, 4.69) is 39.0 Å². The van der Waals surface area contributed by atoms with Crippen molar-refractivity contribution in [3.63, 3.8) is 0 Å². The highest BCUT2D eigenvalue weighted by Crippen LogP contribution is 2.29. The molecule has 0 radical (unpaired) electrons. The number of aromatic nitrogens is 1. The van der Waals surface area contributed by atoms with E-state index in [0.29, 0.717) is 22.6 Å². The van der Waals surface area contributed by atoms with Crippen molar-refractivity contribution in [1.29, 1.82) is 0 Å². The second-order valence-electron chi connectivity index (χ2n) is 6.50. The van der Waals surface area contributed by atoms with Crippen molar-refractivity contribution < 1.29 is 9.90 Å². The molecule has 25 heavy (non-hydrogen) atoms. The number of carboxylic acid groups (broad SMARTS) is 1. The van der Waals surface area contributed by atoms with Gasteiger partial charge in [0.25, 0.3) is 0 Å². The van der Waals surface area contributed by atoms with E-state index in [4.69, 9.17) is 4.98 Å². The van der Waals surface area contributed by atoms with Crippen molar-refractivity contribution in [1.82, 2.24) is 4.98 Å². The molecule has 3 nitrogen and oxygen atoms in total. The van der Waals surface area contributed by atoms with E-state index >= 15 is 0 Å². The van der Waals surface area contributed by atoms with Crippen LogP contribution in [0.15, 0.2) is 48.5 Å². The molecule has 3 rings (SSSR count). The normalized spacial score (nSPS) is 12.3. The maximum Gasteiger partial charge on any atom is 0.336 e. The van der Waals surface area contributed by atoms with Crippen LogP contribution in [0.4, 0.5) is 0 Å². The topological polar surface area (TPSA) is 50.2 Å². The number of hydrogen-bond donors (Lipinski definition) is 1. The number of pyridine rings is 1. The van der Waals surface area contributed by atoms with Gasteiger partial charge in [0.1, 0.15) is 0 Å². The van der Waals surface area contributed by atoms with Crippen molar-refractivity contribution in [2.24, 2.45) is 0 Å². The minimum absolute atomic E-state index is 0.310. The third-order valence-corrected chi connectivity index (χ3v) is 4.90. The van der Waals surface area contributed by atoms with Crippen molar-refractivity contribution >= 4 is 16.9 Å². The summed E-state index contributed by atoms with van der Waals surface area (Å²) < 4.78 is 0. The Morgan fingerprint density at radius 2 is 1.80 bits per heavy atom. The first-order valence-corrected chi connectivity index (χ1v) is 8.80. The van der Waals surface area contributed by atoms with Crippen LogP contribution in [0.2, 0.25) is 0 Å². The predicted molar refractivity (Wildman–Crippen MR) is 102 cm³/mol. The van der Waals surface area contributed by atoms with Crippen LogP contribution in [-0.4, -0.2) is 16.1 Å². The van der Waals surface area contributed by atoms with Crippen LogP contribution < -0.4 is 0 Å². The average Bonchev–Trinajstić information content (AvgIpc) is 2.65. The summed E-state index contributed by atoms with van der Waals surface area (Å²) in [5.41, 5.74) is 5.07. The highest BCUT2D eigenvalue weighted by atomic mass is 16.4. The summed E-state index contributed by atoms with van der Waals surface area (Å²) in [5.74, 6) is -0.521. The second kappa shape index (κ2) is 7.06. The molecule has 1 aromatic heterocycles. The molecule has 1 N–H and O–H groups in total. The largest absolute Gasteiger partial charge is 0.478 e. The highest BCUT2D eigenvalue weighted by molar-refractivity contribution is 6.04. The maximum absolute atomic E-state index is 11.8. The van der Waals surface area contributed by atoms with Crippen LogP contribution >= 0.6 is 0 Å². The Kier molecular flexibility index (Phi) is 4.84. The Morgan fingerprint density at radius 1 is 1.08 bits per heavy atom. The number of carbonyl (C=O) groups is 1. The molecule has 3 aromatic rings. The molecule has 0 aliphatic carbocycles. The summed E-state index contributed by atoms with van der Waals surface area (Å²) in [4.78, 5) is 16.5. The summed E-state index contributed by atoms with van der Waals surface area (Å²) in [6.07, 6.45) is 1.99. The molecule has 0 amide bonds. The summed E-state index contributed by atoms with van der Waals surface area (Å²) in [6.45, 7) is 6.40. The third kappa shape index (κ3) is 3.41. The zero-order chi connectivity index (χ0) is 18.0. The molecular weight excluding hydrogens is 310 g/mol. The first-order valence-electron chi connectivity index (χ1n) is 8.80. The lowest BCUT2D eigenvalue weighted by atomic mass is 9.95. The minimum Gasteiger partial charge on any atom is -0.478 e. The average molecular weight is 333 g/mol. The predicted octanol–water partition coefficient (Wildman–Crippen LogP) is 5.68. The summed E-state index contributed by atoms with van der Waals surface area (Å²) >= 11 is 0. The van der Waals surface area contributed by atoms with E-state index in [1.54, 1.807) is 6.07 Å². The second-order valence-corrected chi connectivity index (χ2v) is 6.50. The lowest BCUT2D eigenvalue weighted by Crippen LogP contribution is -2.02. The molecule has 0 spiro atoms. The first-order chi connectivity index (χ1) is 12.0. The smallest absolute Gasteiger partial charge is 0.336 e. The Hall–Kier alpha value is -2.68. The van der Waals surface area contributed by atoms with Crippen molar-refractivity contribution in [2.45, 2.75) is 39.5 Å². The van der Waals surface area contributed by atoms with Crippen LogP contribution in [0.25, 0.3) is 22.2 Å². The summed E-state index contributed by atoms with van der Waals surface area (Å²) in [5, 5.41) is 10.4. The molecule has 0 bridgehead atoms. The number of nitrogens with zero attached hydrogens (tertiary/aromatic N) is 1. The summed E-state index contributed by atoms with van der Waals surface area (Å²) in [6, 6.07) is 15.8. The van der Waals surface area contributed by atoms with Gasteiger partial charge in [-0.1, -0.05) is 51.1 Å². The fourth-order valence-corrected chi connectivity index (χ4v) is 3.02. The fraction of sp³-hybridized carbons (Fsp3) is 0.273. The molecule has 0 fully saturated rings. The number of fused-ring (bicyclic) bond motifs is 1. The molecule has 1 unspecified atom stereocenters. The van der Waals surface area contributed by atoms with E-state index in [1.807, 2.05) is 24.3 Å². The fourth-order valence-electron chi connectivity index (χ4n) is 3.02. The highest BCUT2D eigenvalue weighted by Gasteiger charge is 2.15. The first kappa shape index (κ1) is 17.2. The molecule has 1 heterocycles. The van der Waals surface area contributed by atoms with Gasteiger partial charge >= 0.3 is 5.97 Å². The van der Waals surface area contributed by atoms with E-state index < -0.39 is 5.97 Å². The zero-order valence-electron chi connectivity index (χ0n) is 14.9. The number of aryl methyl sites for hydroxylation is 1. The van der Waals surface area contributed by atoms with Gasteiger partial charge < -0.3 is 5.11 Å². The van der Waals surface area contributed by atoms with E-state index in [1.165, 1.54) is 5.56 Å². The maximum atomic E-state index is 11.8. The van der Waals surface area contributed by atoms with Crippen LogP contribution in [0.1, 0.15) is 54.6 Å². The molecule has 0 aliphatic rings. The Bertz CT molecular complexity index is 913. The van der Waals surface area contributed by atoms with Crippen LogP contribution in [0.3, 0.4) is 0 Å². The van der Waals surface area contributed by atoms with Gasteiger partial charge in [0, 0.05) is 10.9 Å². The molecule has 1 atom stereocenters. The molecule has 0 aliphatic heterocycles. The van der Waals surface area contributed by atoms with Crippen molar-refractivity contribution in [2.75, 3.05) is 0 Å². The molecule has 3 heteroatoms. The number of benzene rings is 2. The molecular formula is C22H23NO2. The molecule has 2 aromatic carbocycles. The number of rotatable bonds is 5. The van der Waals surface area contributed by atoms with Crippen LogP contribution in [0.5, 0.6) is 0 Å². The van der Waals surface area contributed by atoms with E-state index in [9.17, 15) is 9.90 Å². The monoisotopic (exact) mass is 333 g/mol. The summed E-state index contributed by atoms with van der Waals surface area (Å²) in [7, 11) is 0. The number of aromatic carboxylic acids is 1. The SMILES string of the molecule is CCc1ccc(-c2cc(C(=O)O)c3cc(C(C)CC)ccc3n2)cc1. The molecule has 128 valence electrons. The Labute approximate surface area is 148 Å². The number of hydrogen-bond acceptors (Lipinski definition) is 2. The third-order valence-electron chi connectivity index (χ3n) is 4.90. The van der Waals surface area contributed by atoms with Gasteiger partial charge in [-0.2, -0.15) is 0 Å². The minimum atomic E-state index is -0.917. The molecule has 0 saturated carbocycles. The Morgan fingerprint density at radius 3 is 2.40 bits per heavy atom.